The Bertz CT molecular complexity index is 315. The summed E-state index contributed by atoms with van der Waals surface area (Å²) < 4.78 is 9.70. The number of methoxy groups -OCH3 is 1. The highest BCUT2D eigenvalue weighted by atomic mass is 35.5. The van der Waals surface area contributed by atoms with Gasteiger partial charge in [-0.25, -0.2) is 9.78 Å². The molecule has 0 spiro atoms. The average molecular weight is 257 g/mol. The predicted octanol–water partition coefficient (Wildman–Crippen LogP) is 1.11. The van der Waals surface area contributed by atoms with Crippen LogP contribution in [0.15, 0.2) is 4.42 Å². The molecule has 0 amide bonds. The van der Waals surface area contributed by atoms with Crippen molar-refractivity contribution in [3.05, 3.63) is 17.3 Å². The largest absolute Gasteiger partial charge is 0.464 e. The first-order valence-electron chi connectivity index (χ1n) is 3.93. The van der Waals surface area contributed by atoms with E-state index in [4.69, 9.17) is 10.2 Å². The Hall–Kier alpha value is -0.780. The van der Waals surface area contributed by atoms with Crippen molar-refractivity contribution in [1.82, 2.24) is 4.98 Å². The van der Waals surface area contributed by atoms with Crippen LogP contribution in [0.2, 0.25) is 0 Å². The van der Waals surface area contributed by atoms with E-state index in [9.17, 15) is 4.79 Å². The highest BCUT2D eigenvalue weighted by molar-refractivity contribution is 5.88. The Morgan fingerprint density at radius 2 is 2.13 bits per heavy atom. The minimum atomic E-state index is -0.482. The van der Waals surface area contributed by atoms with Gasteiger partial charge in [-0.15, -0.1) is 24.8 Å². The molecule has 0 aliphatic heterocycles. The fraction of sp³-hybridized carbons (Fsp3) is 0.500. The lowest BCUT2D eigenvalue weighted by Gasteiger charge is -1.91. The van der Waals surface area contributed by atoms with E-state index in [2.05, 4.69) is 9.72 Å². The molecule has 0 aliphatic carbocycles. The normalized spacial score (nSPS) is 8.73. The summed E-state index contributed by atoms with van der Waals surface area (Å²) in [5.74, 6) is 0.459. The van der Waals surface area contributed by atoms with E-state index < -0.39 is 5.97 Å². The molecule has 0 radical (unpaired) electrons. The summed E-state index contributed by atoms with van der Waals surface area (Å²) in [5, 5.41) is 0. The van der Waals surface area contributed by atoms with Crippen molar-refractivity contribution in [2.75, 3.05) is 13.7 Å². The third-order valence-electron chi connectivity index (χ3n) is 1.58. The fourth-order valence-corrected chi connectivity index (χ4v) is 0.968. The molecule has 0 aromatic carbocycles. The number of esters is 1. The zero-order chi connectivity index (χ0) is 9.84. The van der Waals surface area contributed by atoms with Crippen molar-refractivity contribution in [3.63, 3.8) is 0 Å². The molecular weight excluding hydrogens is 243 g/mol. The smallest absolute Gasteiger partial charge is 0.360 e. The molecule has 2 N–H and O–H groups in total. The van der Waals surface area contributed by atoms with Gasteiger partial charge in [-0.1, -0.05) is 0 Å². The molecule has 0 unspecified atom stereocenters. The monoisotopic (exact) mass is 256 g/mol. The quantitative estimate of drug-likeness (QED) is 0.821. The maximum Gasteiger partial charge on any atom is 0.360 e. The Morgan fingerprint density at radius 3 is 2.60 bits per heavy atom. The molecule has 0 saturated heterocycles. The number of nitrogens with zero attached hydrogens (tertiary/aromatic N) is 1. The SMILES string of the molecule is COC(=O)c1nc(CCN)oc1C.Cl.Cl. The first-order chi connectivity index (χ1) is 6.19. The molecule has 0 atom stereocenters. The fourth-order valence-electron chi connectivity index (χ4n) is 0.968. The van der Waals surface area contributed by atoms with E-state index in [1.807, 2.05) is 0 Å². The molecule has 7 heteroatoms. The number of ether oxygens (including phenoxy) is 1. The van der Waals surface area contributed by atoms with Crippen molar-refractivity contribution in [1.29, 1.82) is 0 Å². The number of rotatable bonds is 3. The van der Waals surface area contributed by atoms with Crippen LogP contribution in [0.5, 0.6) is 0 Å². The van der Waals surface area contributed by atoms with E-state index in [-0.39, 0.29) is 30.5 Å². The minimum absolute atomic E-state index is 0. The summed E-state index contributed by atoms with van der Waals surface area (Å²) in [5.41, 5.74) is 5.54. The third kappa shape index (κ3) is 4.07. The molecule has 5 nitrogen and oxygen atoms in total. The van der Waals surface area contributed by atoms with Gasteiger partial charge in [0.1, 0.15) is 5.76 Å². The van der Waals surface area contributed by atoms with Crippen LogP contribution in [-0.2, 0) is 11.2 Å². The van der Waals surface area contributed by atoms with Gasteiger partial charge in [0.15, 0.2) is 11.6 Å². The van der Waals surface area contributed by atoms with Crippen LogP contribution in [0, 0.1) is 6.92 Å². The lowest BCUT2D eigenvalue weighted by atomic mass is 10.4. The number of aryl methyl sites for hydroxylation is 1. The second-order valence-electron chi connectivity index (χ2n) is 2.54. The summed E-state index contributed by atoms with van der Waals surface area (Å²) in [6, 6.07) is 0. The molecule has 0 bridgehead atoms. The number of hydrogen-bond donors (Lipinski definition) is 1. The van der Waals surface area contributed by atoms with Gasteiger partial charge in [0.05, 0.1) is 7.11 Å². The van der Waals surface area contributed by atoms with Crippen molar-refractivity contribution in [2.45, 2.75) is 13.3 Å². The van der Waals surface area contributed by atoms with Gasteiger partial charge >= 0.3 is 5.97 Å². The molecule has 1 heterocycles. The Balaban J connectivity index is 0. The molecule has 0 saturated carbocycles. The third-order valence-corrected chi connectivity index (χ3v) is 1.58. The zero-order valence-corrected chi connectivity index (χ0v) is 10.1. The van der Waals surface area contributed by atoms with Crippen LogP contribution >= 0.6 is 24.8 Å². The van der Waals surface area contributed by atoms with Crippen LogP contribution in [0.25, 0.3) is 0 Å². The van der Waals surface area contributed by atoms with Gasteiger partial charge < -0.3 is 14.9 Å². The predicted molar refractivity (Wildman–Crippen MR) is 59.8 cm³/mol. The van der Waals surface area contributed by atoms with Crippen molar-refractivity contribution < 1.29 is 13.9 Å². The maximum atomic E-state index is 11.1. The lowest BCUT2D eigenvalue weighted by Crippen LogP contribution is -2.05. The second kappa shape index (κ2) is 7.50. The molecular formula is C8H14Cl2N2O3. The molecule has 0 aliphatic rings. The number of carbonyl (C=O) groups excluding carboxylic acids is 1. The highest BCUT2D eigenvalue weighted by Crippen LogP contribution is 2.10. The summed E-state index contributed by atoms with van der Waals surface area (Å²) in [6.45, 7) is 2.11. The van der Waals surface area contributed by atoms with Gasteiger partial charge in [0.25, 0.3) is 0 Å². The average Bonchev–Trinajstić information content (AvgIpc) is 2.46. The van der Waals surface area contributed by atoms with E-state index in [1.54, 1.807) is 6.92 Å². The number of aromatic nitrogens is 1. The first kappa shape index (κ1) is 16.6. The summed E-state index contributed by atoms with van der Waals surface area (Å²) in [4.78, 5) is 15.0. The van der Waals surface area contributed by atoms with Crippen LogP contribution in [0.4, 0.5) is 0 Å². The first-order valence-corrected chi connectivity index (χ1v) is 3.93. The van der Waals surface area contributed by atoms with E-state index >= 15 is 0 Å². The number of oxazole rings is 1. The van der Waals surface area contributed by atoms with Crippen LogP contribution in [0.1, 0.15) is 22.1 Å². The lowest BCUT2D eigenvalue weighted by molar-refractivity contribution is 0.0593. The van der Waals surface area contributed by atoms with Crippen molar-refractivity contribution >= 4 is 30.8 Å². The van der Waals surface area contributed by atoms with Gasteiger partial charge in [-0.3, -0.25) is 0 Å². The van der Waals surface area contributed by atoms with Crippen molar-refractivity contribution in [2.24, 2.45) is 5.73 Å². The number of nitrogens with two attached hydrogens (primary N) is 1. The molecule has 15 heavy (non-hydrogen) atoms. The summed E-state index contributed by atoms with van der Waals surface area (Å²) >= 11 is 0. The molecule has 1 aromatic heterocycles. The molecule has 1 rings (SSSR count). The summed E-state index contributed by atoms with van der Waals surface area (Å²) in [6.07, 6.45) is 0.526. The number of carbonyl (C=O) groups is 1. The standard InChI is InChI=1S/C8H12N2O3.2ClH/c1-5-7(8(11)12-2)10-6(13-5)3-4-9;;/h3-4,9H2,1-2H3;2*1H. The Morgan fingerprint density at radius 1 is 1.53 bits per heavy atom. The van der Waals surface area contributed by atoms with Crippen LogP contribution in [0.3, 0.4) is 0 Å². The zero-order valence-electron chi connectivity index (χ0n) is 8.48. The minimum Gasteiger partial charge on any atom is -0.464 e. The van der Waals surface area contributed by atoms with E-state index in [1.165, 1.54) is 7.11 Å². The molecule has 1 aromatic rings. The topological polar surface area (TPSA) is 78.3 Å². The Kier molecular flexibility index (Phi) is 8.33. The number of hydrogen-bond acceptors (Lipinski definition) is 5. The second-order valence-corrected chi connectivity index (χ2v) is 2.54. The number of halogens is 2. The summed E-state index contributed by atoms with van der Waals surface area (Å²) in [7, 11) is 1.30. The molecule has 0 fully saturated rings. The highest BCUT2D eigenvalue weighted by Gasteiger charge is 2.16. The molecule has 88 valence electrons. The van der Waals surface area contributed by atoms with Gasteiger partial charge in [0, 0.05) is 13.0 Å². The van der Waals surface area contributed by atoms with E-state index in [0.717, 1.165) is 0 Å². The van der Waals surface area contributed by atoms with Crippen LogP contribution < -0.4 is 5.73 Å². The van der Waals surface area contributed by atoms with Gasteiger partial charge in [-0.05, 0) is 6.92 Å². The maximum absolute atomic E-state index is 11.1. The van der Waals surface area contributed by atoms with E-state index in [0.29, 0.717) is 24.6 Å². The van der Waals surface area contributed by atoms with Crippen LogP contribution in [-0.4, -0.2) is 24.6 Å². The van der Waals surface area contributed by atoms with Crippen molar-refractivity contribution in [3.8, 4) is 0 Å². The van der Waals surface area contributed by atoms with Gasteiger partial charge in [-0.2, -0.15) is 0 Å². The Labute approximate surface area is 100 Å². The van der Waals surface area contributed by atoms with Gasteiger partial charge in [0.2, 0.25) is 0 Å².